The third-order valence-corrected chi connectivity index (χ3v) is 5.00. The highest BCUT2D eigenvalue weighted by atomic mass is 127. The first-order valence-corrected chi connectivity index (χ1v) is 10.1. The number of hydrogen-bond acceptors (Lipinski definition) is 4. The Morgan fingerprint density at radius 3 is 2.43 bits per heavy atom. The molecular formula is C21H38IN5O. The van der Waals surface area contributed by atoms with Gasteiger partial charge in [-0.25, -0.2) is 0 Å². The van der Waals surface area contributed by atoms with Crippen LogP contribution in [0.15, 0.2) is 29.3 Å². The Labute approximate surface area is 188 Å². The predicted molar refractivity (Wildman–Crippen MR) is 129 cm³/mol. The smallest absolute Gasteiger partial charge is 0.191 e. The Balaban J connectivity index is 0.00000392. The average molecular weight is 503 g/mol. The molecule has 0 radical (unpaired) electrons. The molecule has 160 valence electrons. The van der Waals surface area contributed by atoms with Crippen molar-refractivity contribution in [2.45, 2.75) is 32.4 Å². The summed E-state index contributed by atoms with van der Waals surface area (Å²) >= 11 is 0. The molecule has 1 aliphatic heterocycles. The highest BCUT2D eigenvalue weighted by molar-refractivity contribution is 14.0. The standard InChI is InChI=1S/C21H37N5O.HI/c1-22-21(23-11-6-12-25(2)15-16-27-3)24-17-19-7-9-20(10-8-19)18-26-13-4-5-14-26;/h7-10H,4-6,11-18H2,1-3H3,(H2,22,23,24);1H. The van der Waals surface area contributed by atoms with Crippen LogP contribution in [0.2, 0.25) is 0 Å². The van der Waals surface area contributed by atoms with Crippen molar-refractivity contribution in [3.63, 3.8) is 0 Å². The maximum absolute atomic E-state index is 5.10. The molecule has 0 aliphatic carbocycles. The summed E-state index contributed by atoms with van der Waals surface area (Å²) in [5, 5.41) is 6.78. The summed E-state index contributed by atoms with van der Waals surface area (Å²) in [7, 11) is 5.69. The van der Waals surface area contributed by atoms with Gasteiger partial charge in [-0.2, -0.15) is 0 Å². The Hall–Kier alpha value is -0.900. The number of guanidine groups is 1. The number of benzene rings is 1. The van der Waals surface area contributed by atoms with Crippen molar-refractivity contribution in [3.05, 3.63) is 35.4 Å². The zero-order chi connectivity index (χ0) is 19.3. The van der Waals surface area contributed by atoms with Gasteiger partial charge in [-0.3, -0.25) is 9.89 Å². The van der Waals surface area contributed by atoms with Gasteiger partial charge in [0.25, 0.3) is 0 Å². The van der Waals surface area contributed by atoms with Crippen LogP contribution in [0.25, 0.3) is 0 Å². The molecule has 1 aromatic rings. The van der Waals surface area contributed by atoms with Gasteiger partial charge in [0.15, 0.2) is 5.96 Å². The first kappa shape index (κ1) is 25.1. The Kier molecular flexibility index (Phi) is 13.5. The van der Waals surface area contributed by atoms with E-state index in [9.17, 15) is 0 Å². The number of aliphatic imine (C=N–C) groups is 1. The zero-order valence-electron chi connectivity index (χ0n) is 17.7. The van der Waals surface area contributed by atoms with Crippen molar-refractivity contribution in [1.82, 2.24) is 20.4 Å². The minimum absolute atomic E-state index is 0. The minimum atomic E-state index is 0. The maximum atomic E-state index is 5.10. The predicted octanol–water partition coefficient (Wildman–Crippen LogP) is 2.53. The Bertz CT molecular complexity index is 546. The largest absolute Gasteiger partial charge is 0.383 e. The number of likely N-dealkylation sites (tertiary alicyclic amines) is 1. The normalized spacial score (nSPS) is 14.9. The van der Waals surface area contributed by atoms with Crippen LogP contribution in [0, 0.1) is 0 Å². The maximum Gasteiger partial charge on any atom is 0.191 e. The van der Waals surface area contributed by atoms with E-state index in [2.05, 4.69) is 56.7 Å². The van der Waals surface area contributed by atoms with Crippen LogP contribution in [0.5, 0.6) is 0 Å². The molecule has 7 heteroatoms. The van der Waals surface area contributed by atoms with E-state index < -0.39 is 0 Å². The van der Waals surface area contributed by atoms with Gasteiger partial charge in [0.2, 0.25) is 0 Å². The lowest BCUT2D eigenvalue weighted by Crippen LogP contribution is -2.38. The molecule has 0 spiro atoms. The van der Waals surface area contributed by atoms with E-state index >= 15 is 0 Å². The number of methoxy groups -OCH3 is 1. The number of rotatable bonds is 11. The van der Waals surface area contributed by atoms with Crippen LogP contribution in [0.4, 0.5) is 0 Å². The van der Waals surface area contributed by atoms with Gasteiger partial charge in [-0.05, 0) is 57.1 Å². The molecular weight excluding hydrogens is 465 g/mol. The van der Waals surface area contributed by atoms with Gasteiger partial charge in [0.1, 0.15) is 0 Å². The fraction of sp³-hybridized carbons (Fsp3) is 0.667. The van der Waals surface area contributed by atoms with Crippen molar-refractivity contribution in [3.8, 4) is 0 Å². The first-order valence-electron chi connectivity index (χ1n) is 10.1. The second kappa shape index (κ2) is 15.0. The summed E-state index contributed by atoms with van der Waals surface area (Å²) in [6.45, 7) is 8.06. The van der Waals surface area contributed by atoms with Gasteiger partial charge >= 0.3 is 0 Å². The molecule has 6 nitrogen and oxygen atoms in total. The Morgan fingerprint density at radius 1 is 1.11 bits per heavy atom. The molecule has 2 N–H and O–H groups in total. The van der Waals surface area contributed by atoms with Crippen molar-refractivity contribution in [2.24, 2.45) is 4.99 Å². The fourth-order valence-corrected chi connectivity index (χ4v) is 3.28. The summed E-state index contributed by atoms with van der Waals surface area (Å²) in [6.07, 6.45) is 3.77. The van der Waals surface area contributed by atoms with E-state index in [0.29, 0.717) is 0 Å². The highest BCUT2D eigenvalue weighted by Crippen LogP contribution is 2.13. The monoisotopic (exact) mass is 503 g/mol. The van der Waals surface area contributed by atoms with Gasteiger partial charge in [-0.1, -0.05) is 24.3 Å². The van der Waals surface area contributed by atoms with E-state index in [0.717, 1.165) is 51.7 Å². The second-order valence-corrected chi connectivity index (χ2v) is 7.30. The molecule has 2 rings (SSSR count). The fourth-order valence-electron chi connectivity index (χ4n) is 3.28. The van der Waals surface area contributed by atoms with E-state index in [4.69, 9.17) is 4.74 Å². The molecule has 1 aromatic carbocycles. The van der Waals surface area contributed by atoms with Crippen LogP contribution >= 0.6 is 24.0 Å². The van der Waals surface area contributed by atoms with Crippen molar-refractivity contribution >= 4 is 29.9 Å². The second-order valence-electron chi connectivity index (χ2n) is 7.30. The van der Waals surface area contributed by atoms with Crippen molar-refractivity contribution in [1.29, 1.82) is 0 Å². The molecule has 0 amide bonds. The van der Waals surface area contributed by atoms with Crippen molar-refractivity contribution < 1.29 is 4.74 Å². The SMILES string of the molecule is CN=C(NCCCN(C)CCOC)NCc1ccc(CN2CCCC2)cc1.I. The lowest BCUT2D eigenvalue weighted by Gasteiger charge is -2.17. The molecule has 1 aliphatic rings. The summed E-state index contributed by atoms with van der Waals surface area (Å²) in [5.74, 6) is 0.857. The lowest BCUT2D eigenvalue weighted by atomic mass is 10.1. The topological polar surface area (TPSA) is 52.1 Å². The van der Waals surface area contributed by atoms with Crippen LogP contribution in [0.1, 0.15) is 30.4 Å². The number of ether oxygens (including phenoxy) is 1. The number of likely N-dealkylation sites (N-methyl/N-ethyl adjacent to an activating group) is 1. The van der Waals surface area contributed by atoms with Gasteiger partial charge in [-0.15, -0.1) is 24.0 Å². The minimum Gasteiger partial charge on any atom is -0.383 e. The average Bonchev–Trinajstić information content (AvgIpc) is 3.20. The quantitative estimate of drug-likeness (QED) is 0.211. The molecule has 0 unspecified atom stereocenters. The number of nitrogens with zero attached hydrogens (tertiary/aromatic N) is 3. The van der Waals surface area contributed by atoms with Crippen LogP contribution < -0.4 is 10.6 Å². The Morgan fingerprint density at radius 2 is 1.79 bits per heavy atom. The number of nitrogens with one attached hydrogen (secondary N) is 2. The number of halogens is 1. The lowest BCUT2D eigenvalue weighted by molar-refractivity contribution is 0.161. The zero-order valence-corrected chi connectivity index (χ0v) is 20.1. The highest BCUT2D eigenvalue weighted by Gasteiger charge is 2.11. The van der Waals surface area contributed by atoms with E-state index in [1.54, 1.807) is 7.11 Å². The molecule has 1 fully saturated rings. The molecule has 0 atom stereocenters. The first-order chi connectivity index (χ1) is 13.2. The van der Waals surface area contributed by atoms with Crippen molar-refractivity contribution in [2.75, 3.05) is 60.5 Å². The third kappa shape index (κ3) is 10.0. The molecule has 0 bridgehead atoms. The van der Waals surface area contributed by atoms with E-state index in [1.165, 1.54) is 37.1 Å². The summed E-state index contributed by atoms with van der Waals surface area (Å²) in [4.78, 5) is 9.13. The van der Waals surface area contributed by atoms with E-state index in [-0.39, 0.29) is 24.0 Å². The van der Waals surface area contributed by atoms with Crippen LogP contribution in [-0.4, -0.2) is 76.3 Å². The molecule has 1 heterocycles. The molecule has 28 heavy (non-hydrogen) atoms. The van der Waals surface area contributed by atoms with Gasteiger partial charge < -0.3 is 20.3 Å². The van der Waals surface area contributed by atoms with Gasteiger partial charge in [0.05, 0.1) is 6.61 Å². The van der Waals surface area contributed by atoms with E-state index in [1.807, 2.05) is 7.05 Å². The summed E-state index contributed by atoms with van der Waals surface area (Å²) in [5.41, 5.74) is 2.68. The number of hydrogen-bond donors (Lipinski definition) is 2. The summed E-state index contributed by atoms with van der Waals surface area (Å²) in [6, 6.07) is 8.94. The van der Waals surface area contributed by atoms with Crippen LogP contribution in [-0.2, 0) is 17.8 Å². The van der Waals surface area contributed by atoms with Gasteiger partial charge in [0, 0.05) is 40.3 Å². The van der Waals surface area contributed by atoms with Crippen LogP contribution in [0.3, 0.4) is 0 Å². The molecule has 0 aromatic heterocycles. The summed E-state index contributed by atoms with van der Waals surface area (Å²) < 4.78 is 5.10. The molecule has 1 saturated heterocycles. The molecule has 0 saturated carbocycles. The third-order valence-electron chi connectivity index (χ3n) is 5.00.